The van der Waals surface area contributed by atoms with E-state index in [1.54, 1.807) is 11.0 Å². The fourth-order valence-electron chi connectivity index (χ4n) is 4.17. The van der Waals surface area contributed by atoms with E-state index in [9.17, 15) is 4.79 Å². The zero-order valence-electron chi connectivity index (χ0n) is 18.1. The maximum atomic E-state index is 13.2. The van der Waals surface area contributed by atoms with Crippen molar-refractivity contribution in [1.82, 2.24) is 29.3 Å². The normalized spacial score (nSPS) is 24.1. The lowest BCUT2D eigenvalue weighted by Crippen LogP contribution is -2.44. The molecule has 0 N–H and O–H groups in total. The molecule has 5 rings (SSSR count). The molecule has 2 aromatic rings. The number of hydrogen-bond acceptors (Lipinski definition) is 5. The number of allylic oxidation sites excluding steroid dienone is 6. The summed E-state index contributed by atoms with van der Waals surface area (Å²) in [5.74, 6) is -0.0790. The second-order valence-electron chi connectivity index (χ2n) is 8.26. The topological polar surface area (TPSA) is 57.0 Å². The summed E-state index contributed by atoms with van der Waals surface area (Å²) in [5.41, 5.74) is 6.25. The van der Waals surface area contributed by atoms with Crippen LogP contribution in [0, 0.1) is 13.8 Å². The monoisotopic (exact) mass is 414 g/mol. The second kappa shape index (κ2) is 7.67. The number of carbonyl (C=O) groups excluding carboxylic acids is 1. The van der Waals surface area contributed by atoms with E-state index in [2.05, 4.69) is 33.0 Å². The van der Waals surface area contributed by atoms with Crippen LogP contribution in [0.4, 0.5) is 0 Å². The number of carbonyl (C=O) groups is 1. The Morgan fingerprint density at radius 1 is 1.00 bits per heavy atom. The molecular weight excluding hydrogens is 388 g/mol. The van der Waals surface area contributed by atoms with Crippen molar-refractivity contribution in [3.8, 4) is 0 Å². The minimum atomic E-state index is -0.0790. The first kappa shape index (κ1) is 19.5. The van der Waals surface area contributed by atoms with Crippen molar-refractivity contribution < 1.29 is 4.79 Å². The van der Waals surface area contributed by atoms with Crippen LogP contribution in [-0.4, -0.2) is 68.4 Å². The van der Waals surface area contributed by atoms with Gasteiger partial charge in [0.1, 0.15) is 0 Å². The van der Waals surface area contributed by atoms with Crippen molar-refractivity contribution in [2.45, 2.75) is 13.8 Å². The van der Waals surface area contributed by atoms with Crippen molar-refractivity contribution in [1.29, 1.82) is 0 Å². The van der Waals surface area contributed by atoms with Gasteiger partial charge in [-0.05, 0) is 45.2 Å². The van der Waals surface area contributed by atoms with Crippen molar-refractivity contribution in [2.75, 3.05) is 33.2 Å². The van der Waals surface area contributed by atoms with Crippen LogP contribution in [0.1, 0.15) is 17.1 Å². The molecule has 0 radical (unpaired) electrons. The summed E-state index contributed by atoms with van der Waals surface area (Å²) >= 11 is 0. The number of hydrogen-bond donors (Lipinski definition) is 0. The Morgan fingerprint density at radius 2 is 1.77 bits per heavy atom. The molecule has 3 aliphatic heterocycles. The molecule has 7 heteroatoms. The predicted molar refractivity (Wildman–Crippen MR) is 121 cm³/mol. The van der Waals surface area contributed by atoms with E-state index in [-0.39, 0.29) is 5.91 Å². The molecule has 0 atom stereocenters. The minimum Gasteiger partial charge on any atom is -0.368 e. The highest BCUT2D eigenvalue weighted by Crippen LogP contribution is 2.26. The molecule has 1 fully saturated rings. The summed E-state index contributed by atoms with van der Waals surface area (Å²) in [6.45, 7) is 7.89. The van der Waals surface area contributed by atoms with Crippen LogP contribution in [-0.2, 0) is 4.79 Å². The Balaban J connectivity index is 1.48. The lowest BCUT2D eigenvalue weighted by Gasteiger charge is -2.36. The molecule has 0 unspecified atom stereocenters. The number of aromatic nitrogens is 3. The van der Waals surface area contributed by atoms with E-state index in [1.807, 2.05) is 61.1 Å². The Kier molecular flexibility index (Phi) is 4.82. The molecule has 158 valence electrons. The number of nitrogens with zero attached hydrogens (tertiary/aromatic N) is 6. The second-order valence-corrected chi connectivity index (χ2v) is 8.26. The molecule has 2 aromatic heterocycles. The molecule has 0 saturated carbocycles. The van der Waals surface area contributed by atoms with Crippen molar-refractivity contribution in [2.24, 2.45) is 0 Å². The molecule has 31 heavy (non-hydrogen) atoms. The fourth-order valence-corrected chi connectivity index (χ4v) is 4.17. The van der Waals surface area contributed by atoms with Crippen LogP contribution in [0.25, 0.3) is 11.1 Å². The van der Waals surface area contributed by atoms with Crippen molar-refractivity contribution in [3.63, 3.8) is 0 Å². The lowest BCUT2D eigenvalue weighted by molar-refractivity contribution is -0.122. The van der Waals surface area contributed by atoms with Gasteiger partial charge in [-0.15, -0.1) is 0 Å². The average Bonchev–Trinajstić information content (AvgIpc) is 3.16. The van der Waals surface area contributed by atoms with Gasteiger partial charge in [-0.1, -0.05) is 12.2 Å². The maximum absolute atomic E-state index is 13.2. The largest absolute Gasteiger partial charge is 0.368 e. The molecular formula is C24H26N6O. The number of likely N-dealkylation sites (N-methyl/N-ethyl adjacent to an activating group) is 1. The Hall–Kier alpha value is -3.45. The Labute approximate surface area is 182 Å². The minimum absolute atomic E-state index is 0.0790. The first-order chi connectivity index (χ1) is 15.0. The van der Waals surface area contributed by atoms with Gasteiger partial charge in [0.15, 0.2) is 0 Å². The standard InChI is InChI=1S/C24H26N6O/c1-17-15-30-23(18(2)25-17)14-22(26-30)19-5-4-6-20-7-8-21(16-29(20)24(31)13-19)28-11-9-27(3)10-12-28/h4-8,13-16H,9-12H2,1-3H3/b5-4+,19-13+,20-6+. The molecule has 1 amide bonds. The van der Waals surface area contributed by atoms with Crippen LogP contribution in [0.3, 0.4) is 0 Å². The Bertz CT molecular complexity index is 1200. The summed E-state index contributed by atoms with van der Waals surface area (Å²) in [5, 5.41) is 4.69. The first-order valence-electron chi connectivity index (χ1n) is 10.6. The number of piperazine rings is 1. The van der Waals surface area contributed by atoms with Gasteiger partial charge < -0.3 is 9.80 Å². The number of fused-ring (bicyclic) bond motifs is 2. The average molecular weight is 415 g/mol. The van der Waals surface area contributed by atoms with Gasteiger partial charge in [0, 0.05) is 49.7 Å². The molecule has 3 aliphatic rings. The van der Waals surface area contributed by atoms with Crippen LogP contribution < -0.4 is 0 Å². The van der Waals surface area contributed by atoms with Gasteiger partial charge in [-0.3, -0.25) is 14.7 Å². The number of amides is 1. The van der Waals surface area contributed by atoms with E-state index >= 15 is 0 Å². The highest BCUT2D eigenvalue weighted by Gasteiger charge is 2.23. The third kappa shape index (κ3) is 3.72. The number of rotatable bonds is 2. The van der Waals surface area contributed by atoms with Crippen LogP contribution in [0.5, 0.6) is 0 Å². The van der Waals surface area contributed by atoms with Crippen molar-refractivity contribution in [3.05, 3.63) is 83.4 Å². The molecule has 7 nitrogen and oxygen atoms in total. The van der Waals surface area contributed by atoms with Gasteiger partial charge in [-0.25, -0.2) is 4.52 Å². The molecule has 5 heterocycles. The van der Waals surface area contributed by atoms with Gasteiger partial charge in [-0.2, -0.15) is 5.10 Å². The van der Waals surface area contributed by atoms with E-state index in [1.165, 1.54) is 0 Å². The third-order valence-corrected chi connectivity index (χ3v) is 5.95. The van der Waals surface area contributed by atoms with Gasteiger partial charge in [0.2, 0.25) is 0 Å². The van der Waals surface area contributed by atoms with E-state index < -0.39 is 0 Å². The fraction of sp³-hybridized carbons (Fsp3) is 0.292. The SMILES string of the molecule is Cc1cn2nc(C3=C\C(=O)N4C=C(N5CCN(C)CC5)C=C\C4=C/C=C/3)cc2c(C)n1. The van der Waals surface area contributed by atoms with E-state index in [4.69, 9.17) is 0 Å². The molecule has 0 aliphatic carbocycles. The zero-order valence-corrected chi connectivity index (χ0v) is 18.1. The predicted octanol–water partition coefficient (Wildman–Crippen LogP) is 2.67. The van der Waals surface area contributed by atoms with Crippen LogP contribution in [0.15, 0.2) is 66.3 Å². The van der Waals surface area contributed by atoms with E-state index in [0.717, 1.165) is 65.7 Å². The van der Waals surface area contributed by atoms with Gasteiger partial charge in [0.05, 0.1) is 34.5 Å². The van der Waals surface area contributed by atoms with Gasteiger partial charge in [0.25, 0.3) is 5.91 Å². The quantitative estimate of drug-likeness (QED) is 0.756. The summed E-state index contributed by atoms with van der Waals surface area (Å²) in [4.78, 5) is 24.1. The molecule has 0 spiro atoms. The Morgan fingerprint density at radius 3 is 2.58 bits per heavy atom. The maximum Gasteiger partial charge on any atom is 0.255 e. The van der Waals surface area contributed by atoms with E-state index in [0.29, 0.717) is 0 Å². The summed E-state index contributed by atoms with van der Waals surface area (Å²) in [7, 11) is 2.14. The summed E-state index contributed by atoms with van der Waals surface area (Å²) < 4.78 is 1.83. The van der Waals surface area contributed by atoms with Gasteiger partial charge >= 0.3 is 0 Å². The molecule has 1 saturated heterocycles. The lowest BCUT2D eigenvalue weighted by atomic mass is 10.1. The number of aryl methyl sites for hydroxylation is 2. The van der Waals surface area contributed by atoms with Crippen molar-refractivity contribution >= 4 is 17.0 Å². The zero-order chi connectivity index (χ0) is 21.5. The summed E-state index contributed by atoms with van der Waals surface area (Å²) in [6, 6.07) is 1.99. The van der Waals surface area contributed by atoms with Crippen LogP contribution >= 0.6 is 0 Å². The molecule has 0 bridgehead atoms. The highest BCUT2D eigenvalue weighted by molar-refractivity contribution is 5.99. The smallest absolute Gasteiger partial charge is 0.255 e. The summed E-state index contributed by atoms with van der Waals surface area (Å²) in [6.07, 6.45) is 15.5. The van der Waals surface area contributed by atoms with Crippen LogP contribution in [0.2, 0.25) is 0 Å². The molecule has 0 aromatic carbocycles. The third-order valence-electron chi connectivity index (χ3n) is 5.95. The first-order valence-corrected chi connectivity index (χ1v) is 10.6. The highest BCUT2D eigenvalue weighted by atomic mass is 16.2.